The van der Waals surface area contributed by atoms with E-state index < -0.39 is 10.9 Å². The Morgan fingerprint density at radius 1 is 1.18 bits per heavy atom. The zero-order valence-electron chi connectivity index (χ0n) is 9.78. The summed E-state index contributed by atoms with van der Waals surface area (Å²) in [4.78, 5) is 0. The van der Waals surface area contributed by atoms with Gasteiger partial charge >= 0.3 is 0 Å². The lowest BCUT2D eigenvalue weighted by Gasteiger charge is -2.12. The molecular formula is C12H15NO3S. The van der Waals surface area contributed by atoms with Gasteiger partial charge in [-0.1, -0.05) is 13.2 Å². The van der Waals surface area contributed by atoms with Crippen LogP contribution >= 0.6 is 0 Å². The van der Waals surface area contributed by atoms with Gasteiger partial charge in [-0.15, -0.1) is 0 Å². The van der Waals surface area contributed by atoms with Gasteiger partial charge in [0.25, 0.3) is 0 Å². The van der Waals surface area contributed by atoms with Crippen LogP contribution < -0.4 is 4.72 Å². The standard InChI is InChI=1S/C12H15NO3S/c1-7(2)10-5-9(13-17(15)16)6-11(8(3)4)12(10)14/h5-6,14,17H,1,3H2,2,4H3,(H,13,15,16). The highest BCUT2D eigenvalue weighted by atomic mass is 32.2. The first-order valence-electron chi connectivity index (χ1n) is 4.92. The molecule has 1 aromatic rings. The van der Waals surface area contributed by atoms with E-state index in [1.54, 1.807) is 13.8 Å². The van der Waals surface area contributed by atoms with Crippen LogP contribution in [0.25, 0.3) is 11.1 Å². The molecule has 0 aliphatic rings. The maximum Gasteiger partial charge on any atom is 0.222 e. The van der Waals surface area contributed by atoms with Crippen molar-refractivity contribution in [3.63, 3.8) is 0 Å². The summed E-state index contributed by atoms with van der Waals surface area (Å²) in [6.07, 6.45) is 0. The third-order valence-corrected chi connectivity index (χ3v) is 2.69. The van der Waals surface area contributed by atoms with Gasteiger partial charge in [0.05, 0.1) is 0 Å². The number of hydrogen-bond acceptors (Lipinski definition) is 3. The summed E-state index contributed by atoms with van der Waals surface area (Å²) in [6.45, 7) is 10.9. The van der Waals surface area contributed by atoms with Gasteiger partial charge in [0, 0.05) is 16.8 Å². The number of anilines is 1. The van der Waals surface area contributed by atoms with Crippen molar-refractivity contribution >= 4 is 27.7 Å². The van der Waals surface area contributed by atoms with Crippen LogP contribution in [0.2, 0.25) is 0 Å². The number of nitrogens with one attached hydrogen (secondary N) is 1. The van der Waals surface area contributed by atoms with E-state index >= 15 is 0 Å². The zero-order valence-corrected chi connectivity index (χ0v) is 10.7. The van der Waals surface area contributed by atoms with E-state index in [-0.39, 0.29) is 5.75 Å². The molecule has 0 radical (unpaired) electrons. The summed E-state index contributed by atoms with van der Waals surface area (Å²) in [7, 11) is -2.74. The first-order valence-corrected chi connectivity index (χ1v) is 6.10. The molecule has 92 valence electrons. The fourth-order valence-electron chi connectivity index (χ4n) is 1.46. The van der Waals surface area contributed by atoms with Gasteiger partial charge in [0.15, 0.2) is 0 Å². The number of thiol groups is 1. The lowest BCUT2D eigenvalue weighted by molar-refractivity contribution is 0.472. The SMILES string of the molecule is C=C(C)c1cc(N[SH](=O)=O)cc(C(=C)C)c1O. The predicted molar refractivity (Wildman–Crippen MR) is 71.5 cm³/mol. The number of rotatable bonds is 4. The Bertz CT molecular complexity index is 516. The molecule has 0 saturated heterocycles. The monoisotopic (exact) mass is 253 g/mol. The molecule has 1 rings (SSSR count). The number of phenols is 1. The molecule has 0 aliphatic heterocycles. The predicted octanol–water partition coefficient (Wildman–Crippen LogP) is 2.40. The van der Waals surface area contributed by atoms with Crippen molar-refractivity contribution in [3.05, 3.63) is 36.4 Å². The Morgan fingerprint density at radius 2 is 1.59 bits per heavy atom. The molecule has 5 heteroatoms. The maximum absolute atomic E-state index is 10.6. The first-order chi connectivity index (χ1) is 7.82. The lowest BCUT2D eigenvalue weighted by Crippen LogP contribution is -1.97. The Hall–Kier alpha value is -1.75. The van der Waals surface area contributed by atoms with Crippen molar-refractivity contribution in [1.82, 2.24) is 0 Å². The topological polar surface area (TPSA) is 66.4 Å². The van der Waals surface area contributed by atoms with Crippen molar-refractivity contribution in [2.24, 2.45) is 0 Å². The normalized spacial score (nSPS) is 10.3. The fraction of sp³-hybridized carbons (Fsp3) is 0.167. The van der Waals surface area contributed by atoms with E-state index in [1.807, 2.05) is 0 Å². The molecule has 0 aliphatic carbocycles. The number of aromatic hydroxyl groups is 1. The van der Waals surface area contributed by atoms with Gasteiger partial charge in [0.1, 0.15) is 5.75 Å². The summed E-state index contributed by atoms with van der Waals surface area (Å²) < 4.78 is 23.6. The van der Waals surface area contributed by atoms with Crippen LogP contribution in [-0.4, -0.2) is 13.5 Å². The number of allylic oxidation sites excluding steroid dienone is 2. The highest BCUT2D eigenvalue weighted by molar-refractivity contribution is 7.73. The highest BCUT2D eigenvalue weighted by Gasteiger charge is 2.11. The molecular weight excluding hydrogens is 238 g/mol. The second-order valence-corrected chi connectivity index (χ2v) is 4.59. The number of hydrogen-bond donors (Lipinski definition) is 3. The van der Waals surface area contributed by atoms with E-state index in [4.69, 9.17) is 0 Å². The molecule has 1 aromatic carbocycles. The van der Waals surface area contributed by atoms with Gasteiger partial charge in [-0.05, 0) is 37.1 Å². The van der Waals surface area contributed by atoms with Crippen molar-refractivity contribution < 1.29 is 13.5 Å². The van der Waals surface area contributed by atoms with E-state index in [9.17, 15) is 13.5 Å². The van der Waals surface area contributed by atoms with Crippen molar-refractivity contribution in [2.45, 2.75) is 13.8 Å². The van der Waals surface area contributed by atoms with Crippen molar-refractivity contribution in [1.29, 1.82) is 0 Å². The summed E-state index contributed by atoms with van der Waals surface area (Å²) in [5.74, 6) is 0.0664. The Labute approximate surface area is 102 Å². The zero-order chi connectivity index (χ0) is 13.2. The first kappa shape index (κ1) is 13.3. The molecule has 0 bridgehead atoms. The third-order valence-electron chi connectivity index (χ3n) is 2.25. The second kappa shape index (κ2) is 5.05. The average Bonchev–Trinajstić information content (AvgIpc) is 2.18. The summed E-state index contributed by atoms with van der Waals surface area (Å²) in [6, 6.07) is 3.07. The van der Waals surface area contributed by atoms with Crippen LogP contribution in [-0.2, 0) is 10.9 Å². The van der Waals surface area contributed by atoms with Gasteiger partial charge in [0.2, 0.25) is 10.9 Å². The minimum Gasteiger partial charge on any atom is -0.507 e. The Kier molecular flexibility index (Phi) is 3.96. The van der Waals surface area contributed by atoms with Crippen LogP contribution in [0.1, 0.15) is 25.0 Å². The highest BCUT2D eigenvalue weighted by Crippen LogP contribution is 2.34. The largest absolute Gasteiger partial charge is 0.507 e. The van der Waals surface area contributed by atoms with Gasteiger partial charge in [-0.2, -0.15) is 0 Å². The maximum atomic E-state index is 10.6. The molecule has 4 nitrogen and oxygen atoms in total. The third kappa shape index (κ3) is 3.10. The fourth-order valence-corrected chi connectivity index (χ4v) is 1.80. The second-order valence-electron chi connectivity index (χ2n) is 3.85. The van der Waals surface area contributed by atoms with Gasteiger partial charge in [-0.3, -0.25) is 4.72 Å². The molecule has 0 atom stereocenters. The molecule has 0 spiro atoms. The Morgan fingerprint density at radius 3 is 1.88 bits per heavy atom. The van der Waals surface area contributed by atoms with Crippen molar-refractivity contribution in [2.75, 3.05) is 4.72 Å². The van der Waals surface area contributed by atoms with E-state index in [2.05, 4.69) is 17.9 Å². The molecule has 0 amide bonds. The summed E-state index contributed by atoms with van der Waals surface area (Å²) >= 11 is 0. The van der Waals surface area contributed by atoms with Crippen LogP contribution in [0.3, 0.4) is 0 Å². The minimum absolute atomic E-state index is 0.0664. The van der Waals surface area contributed by atoms with Crippen LogP contribution in [0.5, 0.6) is 5.75 Å². The number of benzene rings is 1. The lowest BCUT2D eigenvalue weighted by atomic mass is 9.99. The molecule has 0 aromatic heterocycles. The van der Waals surface area contributed by atoms with Crippen LogP contribution in [0.15, 0.2) is 25.3 Å². The van der Waals surface area contributed by atoms with E-state index in [0.29, 0.717) is 28.0 Å². The Balaban J connectivity index is 3.46. The molecule has 0 fully saturated rings. The van der Waals surface area contributed by atoms with E-state index in [0.717, 1.165) is 0 Å². The van der Waals surface area contributed by atoms with Gasteiger partial charge in [-0.25, -0.2) is 8.42 Å². The average molecular weight is 253 g/mol. The number of phenolic OH excluding ortho intramolecular Hbond substituents is 1. The molecule has 2 N–H and O–H groups in total. The quantitative estimate of drug-likeness (QED) is 0.570. The summed E-state index contributed by atoms with van der Waals surface area (Å²) in [5, 5.41) is 9.99. The summed E-state index contributed by atoms with van der Waals surface area (Å²) in [5.41, 5.74) is 2.69. The van der Waals surface area contributed by atoms with Crippen LogP contribution in [0, 0.1) is 0 Å². The molecule has 0 unspecified atom stereocenters. The smallest absolute Gasteiger partial charge is 0.222 e. The van der Waals surface area contributed by atoms with Crippen LogP contribution in [0.4, 0.5) is 5.69 Å². The van der Waals surface area contributed by atoms with Gasteiger partial charge < -0.3 is 5.11 Å². The minimum atomic E-state index is -2.74. The van der Waals surface area contributed by atoms with Crippen molar-refractivity contribution in [3.8, 4) is 5.75 Å². The molecule has 0 heterocycles. The van der Waals surface area contributed by atoms with E-state index in [1.165, 1.54) is 12.1 Å². The molecule has 0 saturated carbocycles. The molecule has 17 heavy (non-hydrogen) atoms.